The average molecular weight is 183 g/mol. The number of carboxylic acid groups (broad SMARTS) is 1. The van der Waals surface area contributed by atoms with Gasteiger partial charge in [0, 0.05) is 12.1 Å². The molecule has 0 unspecified atom stereocenters. The predicted molar refractivity (Wildman–Crippen MR) is 49.5 cm³/mol. The molecule has 2 rings (SSSR count). The van der Waals surface area contributed by atoms with Crippen LogP contribution in [-0.4, -0.2) is 34.6 Å². The summed E-state index contributed by atoms with van der Waals surface area (Å²) < 4.78 is 0. The third-order valence-electron chi connectivity index (χ3n) is 3.34. The highest BCUT2D eigenvalue weighted by atomic mass is 16.4. The molecule has 0 aromatic carbocycles. The van der Waals surface area contributed by atoms with Crippen LogP contribution in [0.3, 0.4) is 0 Å². The van der Waals surface area contributed by atoms with Gasteiger partial charge in [-0.1, -0.05) is 6.92 Å². The summed E-state index contributed by atoms with van der Waals surface area (Å²) >= 11 is 0. The van der Waals surface area contributed by atoms with Gasteiger partial charge in [0.25, 0.3) is 0 Å². The Kier molecular flexibility index (Phi) is 2.28. The van der Waals surface area contributed by atoms with Gasteiger partial charge in [0.15, 0.2) is 0 Å². The number of hydrogen-bond acceptors (Lipinski definition) is 2. The minimum absolute atomic E-state index is 0.106. The Hall–Kier alpha value is -0.570. The Labute approximate surface area is 78.7 Å². The van der Waals surface area contributed by atoms with Crippen LogP contribution in [-0.2, 0) is 4.79 Å². The number of hydrogen-bond donors (Lipinski definition) is 1. The maximum Gasteiger partial charge on any atom is 0.308 e. The molecule has 0 aromatic rings. The van der Waals surface area contributed by atoms with Crippen molar-refractivity contribution in [1.82, 2.24) is 4.90 Å². The molecule has 1 saturated carbocycles. The van der Waals surface area contributed by atoms with Crippen LogP contribution in [0.25, 0.3) is 0 Å². The van der Waals surface area contributed by atoms with Crippen LogP contribution in [0.2, 0.25) is 0 Å². The number of likely N-dealkylation sites (tertiary alicyclic amines) is 1. The summed E-state index contributed by atoms with van der Waals surface area (Å²) in [5.41, 5.74) is 0. The third-order valence-corrected chi connectivity index (χ3v) is 3.34. The van der Waals surface area contributed by atoms with Gasteiger partial charge >= 0.3 is 5.97 Å². The number of rotatable bonds is 3. The van der Waals surface area contributed by atoms with E-state index in [-0.39, 0.29) is 5.92 Å². The molecule has 2 aliphatic rings. The van der Waals surface area contributed by atoms with Crippen LogP contribution >= 0.6 is 0 Å². The minimum atomic E-state index is -0.602. The average Bonchev–Trinajstić information content (AvgIpc) is 2.84. The van der Waals surface area contributed by atoms with Gasteiger partial charge in [0.2, 0.25) is 0 Å². The van der Waals surface area contributed by atoms with Crippen LogP contribution in [0.4, 0.5) is 0 Å². The summed E-state index contributed by atoms with van der Waals surface area (Å²) in [5.74, 6) is -0.708. The Balaban J connectivity index is 2.04. The van der Waals surface area contributed by atoms with Gasteiger partial charge in [-0.05, 0) is 32.2 Å². The maximum atomic E-state index is 10.9. The number of aliphatic carboxylic acids is 1. The zero-order valence-electron chi connectivity index (χ0n) is 8.07. The van der Waals surface area contributed by atoms with Crippen molar-refractivity contribution in [2.24, 2.45) is 5.92 Å². The summed E-state index contributed by atoms with van der Waals surface area (Å²) in [4.78, 5) is 13.3. The van der Waals surface area contributed by atoms with E-state index in [9.17, 15) is 4.79 Å². The summed E-state index contributed by atoms with van der Waals surface area (Å²) in [6.07, 6.45) is 4.39. The van der Waals surface area contributed by atoms with Gasteiger partial charge in [-0.3, -0.25) is 9.69 Å². The molecule has 1 aliphatic carbocycles. The second kappa shape index (κ2) is 3.29. The molecule has 1 saturated heterocycles. The van der Waals surface area contributed by atoms with E-state index in [4.69, 9.17) is 5.11 Å². The third kappa shape index (κ3) is 1.57. The van der Waals surface area contributed by atoms with Crippen LogP contribution in [0.15, 0.2) is 0 Å². The van der Waals surface area contributed by atoms with E-state index < -0.39 is 5.97 Å². The molecule has 0 spiro atoms. The molecule has 0 amide bonds. The van der Waals surface area contributed by atoms with E-state index in [0.717, 1.165) is 19.4 Å². The van der Waals surface area contributed by atoms with Gasteiger partial charge in [0.05, 0.1) is 5.92 Å². The molecule has 0 aromatic heterocycles. The summed E-state index contributed by atoms with van der Waals surface area (Å²) in [7, 11) is 0. The molecule has 13 heavy (non-hydrogen) atoms. The van der Waals surface area contributed by atoms with Crippen molar-refractivity contribution < 1.29 is 9.90 Å². The van der Waals surface area contributed by atoms with E-state index >= 15 is 0 Å². The van der Waals surface area contributed by atoms with Crippen molar-refractivity contribution in [2.75, 3.05) is 6.54 Å². The highest BCUT2D eigenvalue weighted by molar-refractivity contribution is 5.71. The SMILES string of the molecule is CC[C@@H]1[C@@H](C(=O)O)CCN1C1CC1. The van der Waals surface area contributed by atoms with Crippen LogP contribution in [0, 0.1) is 5.92 Å². The molecule has 3 nitrogen and oxygen atoms in total. The Morgan fingerprint density at radius 2 is 2.15 bits per heavy atom. The number of nitrogens with zero attached hydrogens (tertiary/aromatic N) is 1. The first-order valence-corrected chi connectivity index (χ1v) is 5.22. The second-order valence-electron chi connectivity index (χ2n) is 4.18. The van der Waals surface area contributed by atoms with Crippen molar-refractivity contribution in [3.05, 3.63) is 0 Å². The lowest BCUT2D eigenvalue weighted by molar-refractivity contribution is -0.142. The van der Waals surface area contributed by atoms with E-state index in [2.05, 4.69) is 11.8 Å². The van der Waals surface area contributed by atoms with Gasteiger partial charge in [-0.2, -0.15) is 0 Å². The quantitative estimate of drug-likeness (QED) is 0.717. The lowest BCUT2D eigenvalue weighted by Gasteiger charge is -2.25. The van der Waals surface area contributed by atoms with Crippen LogP contribution in [0.5, 0.6) is 0 Å². The molecule has 1 aliphatic heterocycles. The van der Waals surface area contributed by atoms with E-state index in [0.29, 0.717) is 12.1 Å². The Bertz CT molecular complexity index is 213. The van der Waals surface area contributed by atoms with Crippen molar-refractivity contribution in [3.63, 3.8) is 0 Å². The molecular formula is C10H17NO2. The Morgan fingerprint density at radius 1 is 1.46 bits per heavy atom. The van der Waals surface area contributed by atoms with Gasteiger partial charge in [-0.25, -0.2) is 0 Å². The first-order valence-electron chi connectivity index (χ1n) is 5.22. The number of carboxylic acids is 1. The van der Waals surface area contributed by atoms with Crippen LogP contribution in [0.1, 0.15) is 32.6 Å². The molecule has 0 bridgehead atoms. The van der Waals surface area contributed by atoms with Crippen LogP contribution < -0.4 is 0 Å². The summed E-state index contributed by atoms with van der Waals surface area (Å²) in [6, 6.07) is 1.03. The first kappa shape index (κ1) is 9.00. The molecule has 1 heterocycles. The van der Waals surface area contributed by atoms with Crippen molar-refractivity contribution in [2.45, 2.75) is 44.7 Å². The zero-order chi connectivity index (χ0) is 9.42. The minimum Gasteiger partial charge on any atom is -0.481 e. The normalized spacial score (nSPS) is 35.2. The lowest BCUT2D eigenvalue weighted by atomic mass is 9.98. The molecule has 2 fully saturated rings. The fourth-order valence-electron chi connectivity index (χ4n) is 2.54. The monoisotopic (exact) mass is 183 g/mol. The first-order chi connectivity index (χ1) is 6.24. The topological polar surface area (TPSA) is 40.5 Å². The second-order valence-corrected chi connectivity index (χ2v) is 4.18. The highest BCUT2D eigenvalue weighted by Gasteiger charge is 2.43. The van der Waals surface area contributed by atoms with E-state index in [1.165, 1.54) is 12.8 Å². The molecular weight excluding hydrogens is 166 g/mol. The summed E-state index contributed by atoms with van der Waals surface area (Å²) in [6.45, 7) is 3.10. The van der Waals surface area contributed by atoms with Crippen molar-refractivity contribution >= 4 is 5.97 Å². The van der Waals surface area contributed by atoms with Crippen molar-refractivity contribution in [1.29, 1.82) is 0 Å². The summed E-state index contributed by atoms with van der Waals surface area (Å²) in [5, 5.41) is 9.01. The molecule has 3 heteroatoms. The molecule has 2 atom stereocenters. The Morgan fingerprint density at radius 3 is 2.62 bits per heavy atom. The fraction of sp³-hybridized carbons (Fsp3) is 0.900. The standard InChI is InChI=1S/C10H17NO2/c1-2-9-8(10(12)13)5-6-11(9)7-3-4-7/h7-9H,2-6H2,1H3,(H,12,13)/t8-,9+/m0/s1. The van der Waals surface area contributed by atoms with E-state index in [1.54, 1.807) is 0 Å². The smallest absolute Gasteiger partial charge is 0.308 e. The molecule has 0 radical (unpaired) electrons. The lowest BCUT2D eigenvalue weighted by Crippen LogP contribution is -2.36. The van der Waals surface area contributed by atoms with E-state index in [1.807, 2.05) is 0 Å². The number of carbonyl (C=O) groups is 1. The van der Waals surface area contributed by atoms with Gasteiger partial charge in [-0.15, -0.1) is 0 Å². The molecule has 74 valence electrons. The van der Waals surface area contributed by atoms with Gasteiger partial charge in [0.1, 0.15) is 0 Å². The largest absolute Gasteiger partial charge is 0.481 e. The molecule has 1 N–H and O–H groups in total. The fourth-order valence-corrected chi connectivity index (χ4v) is 2.54. The zero-order valence-corrected chi connectivity index (χ0v) is 8.07. The maximum absolute atomic E-state index is 10.9. The van der Waals surface area contributed by atoms with Gasteiger partial charge < -0.3 is 5.11 Å². The van der Waals surface area contributed by atoms with Crippen molar-refractivity contribution in [3.8, 4) is 0 Å². The predicted octanol–water partition coefficient (Wildman–Crippen LogP) is 1.33. The highest BCUT2D eigenvalue weighted by Crippen LogP contribution is 2.37.